The van der Waals surface area contributed by atoms with Crippen molar-refractivity contribution in [1.29, 1.82) is 0 Å². The van der Waals surface area contributed by atoms with Gasteiger partial charge in [-0.3, -0.25) is 4.79 Å². The lowest BCUT2D eigenvalue weighted by molar-refractivity contribution is -0.133. The van der Waals surface area contributed by atoms with Gasteiger partial charge in [0.1, 0.15) is 5.37 Å². The first kappa shape index (κ1) is 26.5. The van der Waals surface area contributed by atoms with Crippen molar-refractivity contribution < 1.29 is 29.0 Å². The fourth-order valence-electron chi connectivity index (χ4n) is 3.78. The fraction of sp³-hybridized carbons (Fsp3) is 0.857. The Morgan fingerprint density at radius 2 is 1.78 bits per heavy atom. The lowest BCUT2D eigenvalue weighted by Crippen LogP contribution is -2.50. The first-order valence-electron chi connectivity index (χ1n) is 11.3. The van der Waals surface area contributed by atoms with Crippen LogP contribution >= 0.6 is 11.8 Å². The molecule has 2 aliphatic rings. The van der Waals surface area contributed by atoms with Crippen molar-refractivity contribution in [2.75, 3.05) is 45.3 Å². The van der Waals surface area contributed by atoms with Gasteiger partial charge in [0.25, 0.3) is 0 Å². The number of hydrogen-bond acceptors (Lipinski definition) is 6. The van der Waals surface area contributed by atoms with Crippen LogP contribution in [0.4, 0.5) is 9.59 Å². The van der Waals surface area contributed by atoms with Gasteiger partial charge in [-0.25, -0.2) is 9.59 Å². The number of urea groups is 1. The molecule has 0 saturated carbocycles. The Bertz CT molecular complexity index is 644. The highest BCUT2D eigenvalue weighted by atomic mass is 32.2. The number of thioether (sulfide) groups is 1. The molecule has 0 aromatic carbocycles. The summed E-state index contributed by atoms with van der Waals surface area (Å²) in [6, 6.07) is -0.208. The number of unbranched alkanes of at least 4 members (excludes halogenated alkanes) is 1. The molecule has 3 unspecified atom stereocenters. The molecule has 0 bridgehead atoms. The number of fused-ring (bicyclic) bond motifs is 1. The molecule has 0 spiro atoms. The molecule has 0 aliphatic carbocycles. The zero-order chi connectivity index (χ0) is 23.7. The van der Waals surface area contributed by atoms with Gasteiger partial charge in [0.15, 0.2) is 0 Å². The van der Waals surface area contributed by atoms with Gasteiger partial charge >= 0.3 is 12.1 Å². The summed E-state index contributed by atoms with van der Waals surface area (Å²) in [7, 11) is 0. The zero-order valence-electron chi connectivity index (χ0n) is 19.6. The van der Waals surface area contributed by atoms with Crippen LogP contribution in [0.15, 0.2) is 0 Å². The molecule has 3 atom stereocenters. The number of carboxylic acid groups (broad SMARTS) is 1. The average Bonchev–Trinajstić information content (AvgIpc) is 3.25. The number of amides is 4. The number of nitrogens with one attached hydrogen (secondary N) is 2. The van der Waals surface area contributed by atoms with E-state index >= 15 is 0 Å². The first-order chi connectivity index (χ1) is 15.1. The Morgan fingerprint density at radius 3 is 2.38 bits per heavy atom. The van der Waals surface area contributed by atoms with E-state index in [1.807, 2.05) is 25.7 Å². The molecule has 32 heavy (non-hydrogen) atoms. The molecule has 0 aromatic rings. The van der Waals surface area contributed by atoms with Gasteiger partial charge in [0.2, 0.25) is 5.91 Å². The lowest BCUT2D eigenvalue weighted by Gasteiger charge is -2.33. The SMILES string of the molecule is CCCCC(=O)N(CCOCCOCCN(C(=O)O)C(C)(C)C)C1SCC2NC(=O)NC21. The van der Waals surface area contributed by atoms with Crippen molar-refractivity contribution in [3.63, 3.8) is 0 Å². The van der Waals surface area contributed by atoms with Crippen LogP contribution < -0.4 is 10.6 Å². The van der Waals surface area contributed by atoms with Gasteiger partial charge in [-0.05, 0) is 27.2 Å². The standard InChI is InChI=1S/C21H38N4O6S/c1-5-6-7-16(26)24(18-17-15(14-32-18)22-19(27)23-17)8-10-30-12-13-31-11-9-25(20(28)29)21(2,3)4/h15,17-18H,5-14H2,1-4H3,(H,28,29)(H2,22,23,27). The summed E-state index contributed by atoms with van der Waals surface area (Å²) >= 11 is 1.68. The van der Waals surface area contributed by atoms with E-state index in [0.29, 0.717) is 45.9 Å². The van der Waals surface area contributed by atoms with E-state index < -0.39 is 11.6 Å². The monoisotopic (exact) mass is 474 g/mol. The van der Waals surface area contributed by atoms with Gasteiger partial charge in [-0.15, -0.1) is 11.8 Å². The van der Waals surface area contributed by atoms with Crippen LogP contribution in [0.3, 0.4) is 0 Å². The number of rotatable bonds is 13. The molecule has 2 rings (SSSR count). The van der Waals surface area contributed by atoms with E-state index in [2.05, 4.69) is 17.6 Å². The lowest BCUT2D eigenvalue weighted by atomic mass is 10.1. The summed E-state index contributed by atoms with van der Waals surface area (Å²) in [5, 5.41) is 15.0. The van der Waals surface area contributed by atoms with Crippen molar-refractivity contribution in [3.05, 3.63) is 0 Å². The van der Waals surface area contributed by atoms with Crippen molar-refractivity contribution in [2.24, 2.45) is 0 Å². The van der Waals surface area contributed by atoms with Gasteiger partial charge in [0, 0.05) is 30.8 Å². The Morgan fingerprint density at radius 1 is 1.12 bits per heavy atom. The minimum absolute atomic E-state index is 0.0479. The number of carbonyl (C=O) groups excluding carboxylic acids is 2. The van der Waals surface area contributed by atoms with Crippen molar-refractivity contribution >= 4 is 29.8 Å². The highest BCUT2D eigenvalue weighted by Gasteiger charge is 2.46. The van der Waals surface area contributed by atoms with Gasteiger partial charge in [-0.1, -0.05) is 13.3 Å². The molecular weight excluding hydrogens is 436 g/mol. The first-order valence-corrected chi connectivity index (χ1v) is 12.3. The number of nitrogens with zero attached hydrogens (tertiary/aromatic N) is 2. The van der Waals surface area contributed by atoms with Crippen LogP contribution in [0.25, 0.3) is 0 Å². The summed E-state index contributed by atoms with van der Waals surface area (Å²) in [4.78, 5) is 39.0. The van der Waals surface area contributed by atoms with E-state index in [1.165, 1.54) is 4.90 Å². The fourth-order valence-corrected chi connectivity index (χ4v) is 5.34. The molecule has 3 N–H and O–H groups in total. The predicted molar refractivity (Wildman–Crippen MR) is 123 cm³/mol. The maximum Gasteiger partial charge on any atom is 0.407 e. The average molecular weight is 475 g/mol. The third kappa shape index (κ3) is 7.70. The topological polar surface area (TPSA) is 120 Å². The second-order valence-corrected chi connectivity index (χ2v) is 10.1. The van der Waals surface area contributed by atoms with E-state index in [4.69, 9.17) is 9.47 Å². The summed E-state index contributed by atoms with van der Waals surface area (Å²) in [6.07, 6.45) is 1.31. The summed E-state index contributed by atoms with van der Waals surface area (Å²) in [6.45, 7) is 9.71. The normalized spacial score (nSPS) is 22.2. The Hall–Kier alpha value is -1.72. The maximum atomic E-state index is 12.8. The summed E-state index contributed by atoms with van der Waals surface area (Å²) in [5.41, 5.74) is -0.481. The van der Waals surface area contributed by atoms with Crippen LogP contribution in [0.2, 0.25) is 0 Å². The molecule has 2 aliphatic heterocycles. The molecule has 0 radical (unpaired) electrons. The van der Waals surface area contributed by atoms with Crippen molar-refractivity contribution in [1.82, 2.24) is 20.4 Å². The molecule has 2 heterocycles. The van der Waals surface area contributed by atoms with E-state index in [0.717, 1.165) is 18.6 Å². The van der Waals surface area contributed by atoms with E-state index in [-0.39, 0.29) is 29.4 Å². The molecule has 4 amide bonds. The Kier molecular flexibility index (Phi) is 10.4. The van der Waals surface area contributed by atoms with Crippen LogP contribution in [-0.2, 0) is 14.3 Å². The van der Waals surface area contributed by atoms with Gasteiger partial charge < -0.3 is 35.0 Å². The van der Waals surface area contributed by atoms with Crippen LogP contribution in [-0.4, -0.2) is 101 Å². The highest BCUT2D eigenvalue weighted by Crippen LogP contribution is 2.32. The molecule has 11 heteroatoms. The molecule has 0 aromatic heterocycles. The predicted octanol–water partition coefficient (Wildman–Crippen LogP) is 1.94. The number of ether oxygens (including phenoxy) is 2. The van der Waals surface area contributed by atoms with E-state index in [9.17, 15) is 19.5 Å². The highest BCUT2D eigenvalue weighted by molar-refractivity contribution is 8.00. The minimum atomic E-state index is -0.967. The maximum absolute atomic E-state index is 12.8. The second kappa shape index (κ2) is 12.5. The van der Waals surface area contributed by atoms with Gasteiger partial charge in [-0.2, -0.15) is 0 Å². The number of carbonyl (C=O) groups is 3. The van der Waals surface area contributed by atoms with Crippen LogP contribution in [0.1, 0.15) is 47.0 Å². The van der Waals surface area contributed by atoms with Crippen LogP contribution in [0.5, 0.6) is 0 Å². The quantitative estimate of drug-likeness (QED) is 0.276. The second-order valence-electron chi connectivity index (χ2n) is 8.99. The zero-order valence-corrected chi connectivity index (χ0v) is 20.4. The summed E-state index contributed by atoms with van der Waals surface area (Å²) < 4.78 is 11.2. The molecule has 10 nitrogen and oxygen atoms in total. The molecular formula is C21H38N4O6S. The molecule has 2 fully saturated rings. The van der Waals surface area contributed by atoms with Crippen molar-refractivity contribution in [2.45, 2.75) is 70.0 Å². The Labute approximate surface area is 194 Å². The van der Waals surface area contributed by atoms with Crippen molar-refractivity contribution in [3.8, 4) is 0 Å². The Balaban J connectivity index is 1.72. The molecule has 2 saturated heterocycles. The molecule has 184 valence electrons. The minimum Gasteiger partial charge on any atom is -0.465 e. The third-order valence-corrected chi connectivity index (χ3v) is 6.96. The third-order valence-electron chi connectivity index (χ3n) is 5.52. The number of hydrogen-bond donors (Lipinski definition) is 3. The smallest absolute Gasteiger partial charge is 0.407 e. The van der Waals surface area contributed by atoms with Gasteiger partial charge in [0.05, 0.1) is 38.5 Å². The largest absolute Gasteiger partial charge is 0.465 e. The van der Waals surface area contributed by atoms with E-state index in [1.54, 1.807) is 11.8 Å². The van der Waals surface area contributed by atoms with Crippen LogP contribution in [0, 0.1) is 0 Å². The summed E-state index contributed by atoms with van der Waals surface area (Å²) in [5.74, 6) is 0.865.